The van der Waals surface area contributed by atoms with Crippen LogP contribution >= 0.6 is 11.6 Å². The molecule has 0 bridgehead atoms. The summed E-state index contributed by atoms with van der Waals surface area (Å²) in [6.07, 6.45) is 3.25. The molecule has 0 fully saturated rings. The van der Waals surface area contributed by atoms with Crippen LogP contribution in [0.4, 0.5) is 0 Å². The first-order valence-corrected chi connectivity index (χ1v) is 3.97. The molecule has 0 saturated heterocycles. The molecule has 0 aliphatic rings. The zero-order valence-electron chi connectivity index (χ0n) is 7.00. The molecule has 0 saturated carbocycles. The molecule has 0 aliphatic heterocycles. The number of alkyl halides is 1. The lowest BCUT2D eigenvalue weighted by atomic mass is 10.3. The molecular weight excluding hydrogens is 178 g/mol. The van der Waals surface area contributed by atoms with Crippen LogP contribution in [0, 0.1) is 0 Å². The van der Waals surface area contributed by atoms with E-state index in [1.807, 2.05) is 0 Å². The van der Waals surface area contributed by atoms with Crippen LogP contribution < -0.4 is 9.47 Å². The Balaban J connectivity index is 3.13. The summed E-state index contributed by atoms with van der Waals surface area (Å²) < 4.78 is 10.1. The van der Waals surface area contributed by atoms with E-state index in [0.717, 1.165) is 5.56 Å². The third kappa shape index (κ3) is 1.61. The van der Waals surface area contributed by atoms with Crippen molar-refractivity contribution in [2.24, 2.45) is 0 Å². The SMILES string of the molecule is COc1cncc(CCl)c1OC. The predicted molar refractivity (Wildman–Crippen MR) is 46.9 cm³/mol. The Bertz CT molecular complexity index is 243. The van der Waals surface area contributed by atoms with Gasteiger partial charge < -0.3 is 9.47 Å². The highest BCUT2D eigenvalue weighted by Gasteiger charge is 2.08. The fraction of sp³-hybridized carbons (Fsp3) is 0.375. The molecule has 0 unspecified atom stereocenters. The maximum Gasteiger partial charge on any atom is 0.179 e. The summed E-state index contributed by atoms with van der Waals surface area (Å²) in [6, 6.07) is 0. The Labute approximate surface area is 76.3 Å². The molecule has 4 heteroatoms. The van der Waals surface area contributed by atoms with Crippen molar-refractivity contribution in [2.45, 2.75) is 5.88 Å². The first kappa shape index (κ1) is 9.13. The lowest BCUT2D eigenvalue weighted by Gasteiger charge is -2.09. The van der Waals surface area contributed by atoms with Crippen molar-refractivity contribution in [1.82, 2.24) is 4.98 Å². The molecule has 12 heavy (non-hydrogen) atoms. The minimum atomic E-state index is 0.368. The van der Waals surface area contributed by atoms with Gasteiger partial charge in [-0.15, -0.1) is 11.6 Å². The summed E-state index contributed by atoms with van der Waals surface area (Å²) in [5.74, 6) is 1.63. The number of halogens is 1. The van der Waals surface area contributed by atoms with Crippen LogP contribution in [0.3, 0.4) is 0 Å². The first-order chi connectivity index (χ1) is 5.83. The molecule has 1 aromatic rings. The Morgan fingerprint density at radius 1 is 1.33 bits per heavy atom. The Kier molecular flexibility index (Phi) is 3.17. The Morgan fingerprint density at radius 2 is 2.08 bits per heavy atom. The van der Waals surface area contributed by atoms with Crippen LogP contribution in [0.25, 0.3) is 0 Å². The van der Waals surface area contributed by atoms with Crippen LogP contribution in [-0.4, -0.2) is 19.2 Å². The van der Waals surface area contributed by atoms with Gasteiger partial charge in [0.25, 0.3) is 0 Å². The van der Waals surface area contributed by atoms with Gasteiger partial charge in [-0.25, -0.2) is 0 Å². The van der Waals surface area contributed by atoms with Crippen LogP contribution in [0.5, 0.6) is 11.5 Å². The zero-order chi connectivity index (χ0) is 8.97. The molecule has 0 N–H and O–H groups in total. The van der Waals surface area contributed by atoms with Gasteiger partial charge in [0, 0.05) is 11.8 Å². The number of pyridine rings is 1. The lowest BCUT2D eigenvalue weighted by molar-refractivity contribution is 0.351. The molecule has 1 aromatic heterocycles. The maximum atomic E-state index is 5.66. The van der Waals surface area contributed by atoms with Crippen molar-refractivity contribution >= 4 is 11.6 Å². The van der Waals surface area contributed by atoms with Gasteiger partial charge in [0.2, 0.25) is 0 Å². The second kappa shape index (κ2) is 4.16. The van der Waals surface area contributed by atoms with Crippen molar-refractivity contribution in [3.63, 3.8) is 0 Å². The van der Waals surface area contributed by atoms with E-state index in [-0.39, 0.29) is 0 Å². The fourth-order valence-electron chi connectivity index (χ4n) is 0.943. The molecule has 0 amide bonds. The molecule has 1 rings (SSSR count). The summed E-state index contributed by atoms with van der Waals surface area (Å²) >= 11 is 5.66. The molecule has 0 aromatic carbocycles. The van der Waals surface area contributed by atoms with Crippen LogP contribution in [0.15, 0.2) is 12.4 Å². The third-order valence-electron chi connectivity index (χ3n) is 1.51. The number of ether oxygens (including phenoxy) is 2. The molecule has 1 heterocycles. The van der Waals surface area contributed by atoms with Gasteiger partial charge >= 0.3 is 0 Å². The van der Waals surface area contributed by atoms with E-state index in [9.17, 15) is 0 Å². The van der Waals surface area contributed by atoms with Crippen molar-refractivity contribution in [3.05, 3.63) is 18.0 Å². The second-order valence-corrected chi connectivity index (χ2v) is 2.44. The average Bonchev–Trinajstić information content (AvgIpc) is 2.16. The minimum Gasteiger partial charge on any atom is -0.492 e. The van der Waals surface area contributed by atoms with Gasteiger partial charge in [0.05, 0.1) is 26.3 Å². The van der Waals surface area contributed by atoms with Gasteiger partial charge in [-0.1, -0.05) is 0 Å². The molecule has 0 radical (unpaired) electrons. The average molecular weight is 188 g/mol. The molecule has 0 atom stereocenters. The van der Waals surface area contributed by atoms with Crippen LogP contribution in [0.1, 0.15) is 5.56 Å². The summed E-state index contributed by atoms with van der Waals surface area (Å²) in [5.41, 5.74) is 0.832. The normalized spacial score (nSPS) is 9.58. The van der Waals surface area contributed by atoms with E-state index >= 15 is 0 Å². The fourth-order valence-corrected chi connectivity index (χ4v) is 1.13. The van der Waals surface area contributed by atoms with Crippen LogP contribution in [-0.2, 0) is 5.88 Å². The molecular formula is C8H10ClNO2. The molecule has 66 valence electrons. The molecule has 0 aliphatic carbocycles. The largest absolute Gasteiger partial charge is 0.492 e. The van der Waals surface area contributed by atoms with Crippen molar-refractivity contribution < 1.29 is 9.47 Å². The van der Waals surface area contributed by atoms with E-state index in [4.69, 9.17) is 21.1 Å². The number of rotatable bonds is 3. The predicted octanol–water partition coefficient (Wildman–Crippen LogP) is 1.84. The van der Waals surface area contributed by atoms with Crippen molar-refractivity contribution in [2.75, 3.05) is 14.2 Å². The number of nitrogens with zero attached hydrogens (tertiary/aromatic N) is 1. The monoisotopic (exact) mass is 187 g/mol. The van der Waals surface area contributed by atoms with Gasteiger partial charge in [-0.2, -0.15) is 0 Å². The van der Waals surface area contributed by atoms with Gasteiger partial charge in [0.15, 0.2) is 11.5 Å². The highest BCUT2D eigenvalue weighted by molar-refractivity contribution is 6.17. The summed E-state index contributed by atoms with van der Waals surface area (Å²) in [6.45, 7) is 0. The van der Waals surface area contributed by atoms with E-state index < -0.39 is 0 Å². The minimum absolute atomic E-state index is 0.368. The van der Waals surface area contributed by atoms with Gasteiger partial charge in [-0.05, 0) is 0 Å². The topological polar surface area (TPSA) is 31.4 Å². The quantitative estimate of drug-likeness (QED) is 0.677. The van der Waals surface area contributed by atoms with Crippen molar-refractivity contribution in [1.29, 1.82) is 0 Å². The smallest absolute Gasteiger partial charge is 0.179 e. The number of hydrogen-bond acceptors (Lipinski definition) is 3. The summed E-state index contributed by atoms with van der Waals surface area (Å²) in [5, 5.41) is 0. The first-order valence-electron chi connectivity index (χ1n) is 3.44. The number of hydrogen-bond donors (Lipinski definition) is 0. The molecule has 3 nitrogen and oxygen atoms in total. The third-order valence-corrected chi connectivity index (χ3v) is 1.79. The highest BCUT2D eigenvalue weighted by Crippen LogP contribution is 2.30. The highest BCUT2D eigenvalue weighted by atomic mass is 35.5. The van der Waals surface area contributed by atoms with Crippen molar-refractivity contribution in [3.8, 4) is 11.5 Å². The van der Waals surface area contributed by atoms with E-state index in [2.05, 4.69) is 4.98 Å². The number of methoxy groups -OCH3 is 2. The van der Waals surface area contributed by atoms with E-state index in [1.165, 1.54) is 0 Å². The van der Waals surface area contributed by atoms with E-state index in [0.29, 0.717) is 17.4 Å². The summed E-state index contributed by atoms with van der Waals surface area (Å²) in [7, 11) is 3.14. The standard InChI is InChI=1S/C8H10ClNO2/c1-11-7-5-10-4-6(3-9)8(7)12-2/h4-5H,3H2,1-2H3. The lowest BCUT2D eigenvalue weighted by Crippen LogP contribution is -1.95. The number of aromatic nitrogens is 1. The summed E-state index contributed by atoms with van der Waals surface area (Å²) in [4.78, 5) is 3.95. The van der Waals surface area contributed by atoms with Gasteiger partial charge in [0.1, 0.15) is 0 Å². The van der Waals surface area contributed by atoms with Crippen LogP contribution in [0.2, 0.25) is 0 Å². The van der Waals surface area contributed by atoms with E-state index in [1.54, 1.807) is 26.6 Å². The molecule has 0 spiro atoms. The maximum absolute atomic E-state index is 5.66. The van der Waals surface area contributed by atoms with Gasteiger partial charge in [-0.3, -0.25) is 4.98 Å². The Morgan fingerprint density at radius 3 is 2.58 bits per heavy atom. The zero-order valence-corrected chi connectivity index (χ0v) is 7.76. The Hall–Kier alpha value is -0.960. The second-order valence-electron chi connectivity index (χ2n) is 2.17.